The smallest absolute Gasteiger partial charge is 0.162 e. The Morgan fingerprint density at radius 3 is 2.45 bits per heavy atom. The second kappa shape index (κ2) is 5.77. The minimum atomic E-state index is 0.0531. The van der Waals surface area contributed by atoms with Gasteiger partial charge in [0.1, 0.15) is 0 Å². The van der Waals surface area contributed by atoms with Gasteiger partial charge in [0.25, 0.3) is 0 Å². The summed E-state index contributed by atoms with van der Waals surface area (Å²) in [6.45, 7) is 1.33. The maximum absolute atomic E-state index is 10.3. The Hall–Kier alpha value is -2.40. The monoisotopic (exact) mass is 301 g/mol. The van der Waals surface area contributed by atoms with Crippen molar-refractivity contribution in [2.75, 3.05) is 20.8 Å². The van der Waals surface area contributed by atoms with Crippen molar-refractivity contribution >= 4 is 0 Å². The molecule has 5 nitrogen and oxygen atoms in total. The van der Waals surface area contributed by atoms with Gasteiger partial charge in [0, 0.05) is 24.6 Å². The molecule has 0 spiro atoms. The highest BCUT2D eigenvalue weighted by Gasteiger charge is 2.26. The largest absolute Gasteiger partial charge is 0.504 e. The highest BCUT2D eigenvalue weighted by molar-refractivity contribution is 5.55. The molecule has 1 heterocycles. The summed E-state index contributed by atoms with van der Waals surface area (Å²) >= 11 is 0. The SMILES string of the molecule is COc1ccc([C@H]2CNCc3c2ccc(OC)c3O)cc1O. The van der Waals surface area contributed by atoms with Crippen LogP contribution in [-0.4, -0.2) is 31.0 Å². The van der Waals surface area contributed by atoms with Gasteiger partial charge in [-0.2, -0.15) is 0 Å². The molecule has 2 aromatic rings. The zero-order valence-corrected chi connectivity index (χ0v) is 12.6. The van der Waals surface area contributed by atoms with E-state index in [9.17, 15) is 10.2 Å². The summed E-state index contributed by atoms with van der Waals surface area (Å²) in [7, 11) is 3.06. The van der Waals surface area contributed by atoms with E-state index in [1.54, 1.807) is 18.2 Å². The molecule has 22 heavy (non-hydrogen) atoms. The topological polar surface area (TPSA) is 71.0 Å². The number of phenols is 2. The van der Waals surface area contributed by atoms with Crippen molar-refractivity contribution in [3.8, 4) is 23.0 Å². The van der Waals surface area contributed by atoms with E-state index in [1.807, 2.05) is 12.1 Å². The van der Waals surface area contributed by atoms with Crippen molar-refractivity contribution in [1.82, 2.24) is 5.32 Å². The molecule has 3 rings (SSSR count). The van der Waals surface area contributed by atoms with Gasteiger partial charge in [0.2, 0.25) is 0 Å². The first-order valence-corrected chi connectivity index (χ1v) is 7.12. The van der Waals surface area contributed by atoms with Gasteiger partial charge in [0.15, 0.2) is 23.0 Å². The summed E-state index contributed by atoms with van der Waals surface area (Å²) in [5, 5.41) is 23.6. The predicted molar refractivity (Wildman–Crippen MR) is 82.9 cm³/mol. The first-order valence-electron chi connectivity index (χ1n) is 7.12. The Kier molecular flexibility index (Phi) is 3.81. The Morgan fingerprint density at radius 2 is 1.77 bits per heavy atom. The van der Waals surface area contributed by atoms with Crippen molar-refractivity contribution < 1.29 is 19.7 Å². The standard InChI is InChI=1S/C17H19NO4/c1-21-15-5-3-10(7-14(15)19)12-8-18-9-13-11(12)4-6-16(22-2)17(13)20/h3-7,12,18-20H,8-9H2,1-2H3/t12-/m1/s1. The highest BCUT2D eigenvalue weighted by Crippen LogP contribution is 2.40. The molecule has 0 saturated heterocycles. The van der Waals surface area contributed by atoms with Crippen molar-refractivity contribution in [3.05, 3.63) is 47.0 Å². The number of aromatic hydroxyl groups is 2. The molecular weight excluding hydrogens is 282 g/mol. The first kappa shape index (κ1) is 14.5. The van der Waals surface area contributed by atoms with Crippen LogP contribution in [-0.2, 0) is 6.54 Å². The molecule has 1 aliphatic rings. The highest BCUT2D eigenvalue weighted by atomic mass is 16.5. The van der Waals surface area contributed by atoms with Crippen LogP contribution in [0.25, 0.3) is 0 Å². The number of phenolic OH excluding ortho intramolecular Hbond substituents is 2. The molecule has 0 saturated carbocycles. The van der Waals surface area contributed by atoms with Crippen molar-refractivity contribution in [2.24, 2.45) is 0 Å². The van der Waals surface area contributed by atoms with Gasteiger partial charge in [-0.05, 0) is 29.3 Å². The van der Waals surface area contributed by atoms with E-state index in [0.29, 0.717) is 18.0 Å². The fraction of sp³-hybridized carbons (Fsp3) is 0.294. The van der Waals surface area contributed by atoms with E-state index in [1.165, 1.54) is 14.2 Å². The van der Waals surface area contributed by atoms with E-state index in [-0.39, 0.29) is 17.4 Å². The number of methoxy groups -OCH3 is 2. The van der Waals surface area contributed by atoms with Crippen LogP contribution in [0.1, 0.15) is 22.6 Å². The Morgan fingerprint density at radius 1 is 1.05 bits per heavy atom. The number of fused-ring (bicyclic) bond motifs is 1. The number of hydrogen-bond acceptors (Lipinski definition) is 5. The number of ether oxygens (including phenoxy) is 2. The zero-order chi connectivity index (χ0) is 15.7. The number of rotatable bonds is 3. The van der Waals surface area contributed by atoms with Crippen LogP contribution in [0.2, 0.25) is 0 Å². The first-order chi connectivity index (χ1) is 10.7. The Balaban J connectivity index is 2.05. The third-order valence-corrected chi connectivity index (χ3v) is 4.13. The zero-order valence-electron chi connectivity index (χ0n) is 12.6. The minimum Gasteiger partial charge on any atom is -0.504 e. The lowest BCUT2D eigenvalue weighted by Gasteiger charge is -2.28. The van der Waals surface area contributed by atoms with E-state index in [4.69, 9.17) is 9.47 Å². The third-order valence-electron chi connectivity index (χ3n) is 4.13. The molecule has 3 N–H and O–H groups in total. The quantitative estimate of drug-likeness (QED) is 0.812. The van der Waals surface area contributed by atoms with Gasteiger partial charge < -0.3 is 25.0 Å². The van der Waals surface area contributed by atoms with Crippen LogP contribution < -0.4 is 14.8 Å². The van der Waals surface area contributed by atoms with Crippen molar-refractivity contribution in [1.29, 1.82) is 0 Å². The summed E-state index contributed by atoms with van der Waals surface area (Å²) in [6, 6.07) is 9.14. The Labute approximate surface area is 129 Å². The summed E-state index contributed by atoms with van der Waals surface area (Å²) in [6.07, 6.45) is 0. The Bertz CT molecular complexity index is 699. The molecule has 0 fully saturated rings. The normalized spacial score (nSPS) is 16.9. The molecular formula is C17H19NO4. The molecule has 0 radical (unpaired) electrons. The summed E-state index contributed by atoms with van der Waals surface area (Å²) < 4.78 is 10.3. The predicted octanol–water partition coefficient (Wildman–Crippen LogP) is 2.35. The molecule has 0 unspecified atom stereocenters. The van der Waals surface area contributed by atoms with Gasteiger partial charge in [0.05, 0.1) is 14.2 Å². The van der Waals surface area contributed by atoms with E-state index >= 15 is 0 Å². The summed E-state index contributed by atoms with van der Waals surface area (Å²) in [5.74, 6) is 1.27. The average molecular weight is 301 g/mol. The van der Waals surface area contributed by atoms with E-state index in [2.05, 4.69) is 5.32 Å². The maximum Gasteiger partial charge on any atom is 0.162 e. The van der Waals surface area contributed by atoms with Crippen molar-refractivity contribution in [3.63, 3.8) is 0 Å². The lowest BCUT2D eigenvalue weighted by Crippen LogP contribution is -2.28. The van der Waals surface area contributed by atoms with Crippen molar-refractivity contribution in [2.45, 2.75) is 12.5 Å². The van der Waals surface area contributed by atoms with Crippen LogP contribution in [0, 0.1) is 0 Å². The number of nitrogens with one attached hydrogen (secondary N) is 1. The van der Waals surface area contributed by atoms with Gasteiger partial charge in [-0.25, -0.2) is 0 Å². The third kappa shape index (κ3) is 2.33. The van der Waals surface area contributed by atoms with Gasteiger partial charge >= 0.3 is 0 Å². The van der Waals surface area contributed by atoms with Gasteiger partial charge in [-0.15, -0.1) is 0 Å². The molecule has 0 amide bonds. The summed E-state index contributed by atoms with van der Waals surface area (Å²) in [5.41, 5.74) is 2.85. The number of benzene rings is 2. The van der Waals surface area contributed by atoms with Crippen LogP contribution in [0.3, 0.4) is 0 Å². The van der Waals surface area contributed by atoms with E-state index in [0.717, 1.165) is 23.2 Å². The average Bonchev–Trinajstić information content (AvgIpc) is 2.55. The van der Waals surface area contributed by atoms with Crippen LogP contribution in [0.5, 0.6) is 23.0 Å². The van der Waals surface area contributed by atoms with E-state index < -0.39 is 0 Å². The molecule has 1 atom stereocenters. The fourth-order valence-corrected chi connectivity index (χ4v) is 2.98. The van der Waals surface area contributed by atoms with Crippen LogP contribution in [0.4, 0.5) is 0 Å². The lowest BCUT2D eigenvalue weighted by molar-refractivity contribution is 0.366. The van der Waals surface area contributed by atoms with Crippen LogP contribution >= 0.6 is 0 Å². The molecule has 116 valence electrons. The maximum atomic E-state index is 10.3. The second-order valence-corrected chi connectivity index (χ2v) is 5.30. The van der Waals surface area contributed by atoms with Gasteiger partial charge in [-0.3, -0.25) is 0 Å². The molecule has 0 aromatic heterocycles. The second-order valence-electron chi connectivity index (χ2n) is 5.30. The number of hydrogen-bond donors (Lipinski definition) is 3. The minimum absolute atomic E-state index is 0.0531. The fourth-order valence-electron chi connectivity index (χ4n) is 2.98. The summed E-state index contributed by atoms with van der Waals surface area (Å²) in [4.78, 5) is 0. The molecule has 0 aliphatic carbocycles. The molecule has 2 aromatic carbocycles. The molecule has 1 aliphatic heterocycles. The lowest BCUT2D eigenvalue weighted by atomic mass is 9.85. The molecule has 0 bridgehead atoms. The van der Waals surface area contributed by atoms with Crippen LogP contribution in [0.15, 0.2) is 30.3 Å². The molecule has 5 heteroatoms. The van der Waals surface area contributed by atoms with Gasteiger partial charge in [-0.1, -0.05) is 12.1 Å².